The Morgan fingerprint density at radius 1 is 0.963 bits per heavy atom. The number of nitrogens with one attached hydrogen (secondary N) is 1. The van der Waals surface area contributed by atoms with Crippen LogP contribution in [0.15, 0.2) is 78.1 Å². The first-order valence-electron chi connectivity index (χ1n) is 8.32. The first-order valence-corrected chi connectivity index (χ1v) is 9.88. The number of aromatic amines is 1. The van der Waals surface area contributed by atoms with Crippen molar-refractivity contribution in [2.24, 2.45) is 0 Å². The van der Waals surface area contributed by atoms with Gasteiger partial charge in [-0.05, 0) is 41.5 Å². The van der Waals surface area contributed by atoms with E-state index in [0.29, 0.717) is 10.6 Å². The van der Waals surface area contributed by atoms with Gasteiger partial charge in [0, 0.05) is 22.9 Å². The predicted octanol–water partition coefficient (Wildman–Crippen LogP) is 4.68. The molecule has 1 unspecified atom stereocenters. The van der Waals surface area contributed by atoms with Gasteiger partial charge >= 0.3 is 0 Å². The summed E-state index contributed by atoms with van der Waals surface area (Å²) in [5.41, 5.74) is 4.76. The summed E-state index contributed by atoms with van der Waals surface area (Å²) in [6.45, 7) is 0. The van der Waals surface area contributed by atoms with Gasteiger partial charge in [-0.15, -0.1) is 0 Å². The summed E-state index contributed by atoms with van der Waals surface area (Å²) >= 11 is 0. The van der Waals surface area contributed by atoms with Crippen molar-refractivity contribution in [1.82, 2.24) is 15.0 Å². The number of pyridine rings is 1. The Hall–Kier alpha value is -3.12. The van der Waals surface area contributed by atoms with Crippen LogP contribution in [-0.2, 0) is 10.8 Å². The Labute approximate surface area is 158 Å². The van der Waals surface area contributed by atoms with Gasteiger partial charge in [0.05, 0.1) is 34.2 Å². The zero-order valence-corrected chi connectivity index (χ0v) is 15.3. The van der Waals surface area contributed by atoms with E-state index in [2.05, 4.69) is 15.0 Å². The van der Waals surface area contributed by atoms with Crippen LogP contribution in [0.4, 0.5) is 4.39 Å². The van der Waals surface area contributed by atoms with Crippen molar-refractivity contribution in [3.8, 4) is 33.8 Å². The number of rotatable bonds is 4. The van der Waals surface area contributed by atoms with Crippen molar-refractivity contribution >= 4 is 10.8 Å². The van der Waals surface area contributed by atoms with E-state index in [9.17, 15) is 8.60 Å². The molecular formula is C21H16FN3OS. The molecular weight excluding hydrogens is 361 g/mol. The molecule has 6 heteroatoms. The molecule has 0 fully saturated rings. The van der Waals surface area contributed by atoms with Crippen LogP contribution >= 0.6 is 0 Å². The summed E-state index contributed by atoms with van der Waals surface area (Å²) in [6.07, 6.45) is 4.96. The lowest BCUT2D eigenvalue weighted by molar-refractivity contribution is 0.628. The van der Waals surface area contributed by atoms with Gasteiger partial charge in [-0.1, -0.05) is 30.3 Å². The zero-order chi connectivity index (χ0) is 18.8. The molecule has 0 radical (unpaired) electrons. The summed E-state index contributed by atoms with van der Waals surface area (Å²) in [7, 11) is -1.23. The summed E-state index contributed by atoms with van der Waals surface area (Å²) < 4.78 is 25.6. The molecule has 134 valence electrons. The molecule has 2 aromatic carbocycles. The Bertz CT molecular complexity index is 1110. The molecule has 0 saturated heterocycles. The number of hydrogen-bond acceptors (Lipinski definition) is 3. The van der Waals surface area contributed by atoms with Crippen molar-refractivity contribution in [2.75, 3.05) is 6.26 Å². The van der Waals surface area contributed by atoms with Crippen molar-refractivity contribution in [1.29, 1.82) is 0 Å². The number of benzene rings is 2. The van der Waals surface area contributed by atoms with Crippen molar-refractivity contribution in [3.05, 3.63) is 79.0 Å². The molecule has 0 aliphatic rings. The van der Waals surface area contributed by atoms with Crippen LogP contribution in [-0.4, -0.2) is 25.4 Å². The minimum Gasteiger partial charge on any atom is -0.343 e. The van der Waals surface area contributed by atoms with E-state index < -0.39 is 10.8 Å². The van der Waals surface area contributed by atoms with Gasteiger partial charge in [0.1, 0.15) is 5.82 Å². The second kappa shape index (κ2) is 7.25. The largest absolute Gasteiger partial charge is 0.343 e. The van der Waals surface area contributed by atoms with E-state index >= 15 is 0 Å². The normalized spacial score (nSPS) is 12.1. The number of halogens is 1. The quantitative estimate of drug-likeness (QED) is 0.562. The first kappa shape index (κ1) is 17.3. The minimum absolute atomic E-state index is 0.286. The lowest BCUT2D eigenvalue weighted by Gasteiger charge is -2.10. The molecule has 27 heavy (non-hydrogen) atoms. The first-order chi connectivity index (χ1) is 13.1. The average Bonchev–Trinajstić information content (AvgIpc) is 3.18. The van der Waals surface area contributed by atoms with Crippen molar-refractivity contribution < 1.29 is 8.60 Å². The minimum atomic E-state index is -1.23. The third kappa shape index (κ3) is 3.44. The molecule has 1 N–H and O–H groups in total. The average molecular weight is 377 g/mol. The maximum atomic E-state index is 13.2. The van der Waals surface area contributed by atoms with Crippen LogP contribution in [0.1, 0.15) is 0 Å². The fraction of sp³-hybridized carbons (Fsp3) is 0.0476. The smallest absolute Gasteiger partial charge is 0.123 e. The number of hydrogen-bond donors (Lipinski definition) is 1. The van der Waals surface area contributed by atoms with E-state index in [4.69, 9.17) is 0 Å². The van der Waals surface area contributed by atoms with E-state index in [1.54, 1.807) is 30.9 Å². The number of aromatic nitrogens is 3. The molecule has 4 nitrogen and oxygen atoms in total. The number of imidazole rings is 1. The molecule has 0 saturated carbocycles. The van der Waals surface area contributed by atoms with Crippen molar-refractivity contribution in [2.45, 2.75) is 4.90 Å². The molecule has 1 atom stereocenters. The van der Waals surface area contributed by atoms with Gasteiger partial charge < -0.3 is 4.98 Å². The van der Waals surface area contributed by atoms with Gasteiger partial charge in [-0.3, -0.25) is 9.19 Å². The lowest BCUT2D eigenvalue weighted by Crippen LogP contribution is -1.96. The van der Waals surface area contributed by atoms with E-state index in [1.165, 1.54) is 12.1 Å². The van der Waals surface area contributed by atoms with Gasteiger partial charge in [0.25, 0.3) is 0 Å². The van der Waals surface area contributed by atoms with Crippen LogP contribution in [0.5, 0.6) is 0 Å². The van der Waals surface area contributed by atoms with E-state index in [-0.39, 0.29) is 5.82 Å². The Morgan fingerprint density at radius 2 is 1.74 bits per heavy atom. The summed E-state index contributed by atoms with van der Waals surface area (Å²) in [4.78, 5) is 12.6. The molecule has 0 aliphatic carbocycles. The lowest BCUT2D eigenvalue weighted by atomic mass is 10.0. The highest BCUT2D eigenvalue weighted by Gasteiger charge is 2.17. The highest BCUT2D eigenvalue weighted by Crippen LogP contribution is 2.34. The van der Waals surface area contributed by atoms with Gasteiger partial charge in [-0.2, -0.15) is 0 Å². The molecule has 0 aliphatic heterocycles. The maximum Gasteiger partial charge on any atom is 0.123 e. The maximum absolute atomic E-state index is 13.2. The Kier molecular flexibility index (Phi) is 4.64. The van der Waals surface area contributed by atoms with Gasteiger partial charge in [0.2, 0.25) is 0 Å². The third-order valence-corrected chi connectivity index (χ3v) is 5.24. The van der Waals surface area contributed by atoms with Crippen LogP contribution < -0.4 is 0 Å². The summed E-state index contributed by atoms with van der Waals surface area (Å²) in [6, 6.07) is 17.6. The molecule has 2 aromatic heterocycles. The fourth-order valence-corrected chi connectivity index (χ4v) is 3.75. The second-order valence-electron chi connectivity index (χ2n) is 6.01. The standard InChI is InChI=1S/C21H16FN3OS/c1-27(26)19-12-15(14-5-8-16(22)9-6-14)7-10-17(19)20-21(25-13-24-20)18-4-2-3-11-23-18/h2-13H,1H3,(H,24,25). The van der Waals surface area contributed by atoms with Crippen LogP contribution in [0.2, 0.25) is 0 Å². The molecule has 0 amide bonds. The van der Waals surface area contributed by atoms with Crippen LogP contribution in [0.25, 0.3) is 33.8 Å². The van der Waals surface area contributed by atoms with Crippen molar-refractivity contribution in [3.63, 3.8) is 0 Å². The predicted molar refractivity (Wildman–Crippen MR) is 105 cm³/mol. The summed E-state index contributed by atoms with van der Waals surface area (Å²) in [5, 5.41) is 0. The second-order valence-corrected chi connectivity index (χ2v) is 7.36. The fourth-order valence-electron chi connectivity index (χ4n) is 2.98. The molecule has 2 heterocycles. The van der Waals surface area contributed by atoms with E-state index in [1.807, 2.05) is 36.4 Å². The monoisotopic (exact) mass is 377 g/mol. The summed E-state index contributed by atoms with van der Waals surface area (Å²) in [5.74, 6) is -0.286. The Morgan fingerprint density at radius 3 is 2.44 bits per heavy atom. The number of nitrogens with zero attached hydrogens (tertiary/aromatic N) is 2. The van der Waals surface area contributed by atoms with Crippen LogP contribution in [0.3, 0.4) is 0 Å². The SMILES string of the molecule is CS(=O)c1cc(-c2ccc(F)cc2)ccc1-c1nc[nH]c1-c1ccccn1. The Balaban J connectivity index is 1.84. The number of H-pyrrole nitrogens is 1. The van der Waals surface area contributed by atoms with Gasteiger partial charge in [-0.25, -0.2) is 9.37 Å². The molecule has 4 aromatic rings. The molecule has 4 rings (SSSR count). The highest BCUT2D eigenvalue weighted by molar-refractivity contribution is 7.84. The van der Waals surface area contributed by atoms with Crippen LogP contribution in [0, 0.1) is 5.82 Å². The molecule has 0 spiro atoms. The van der Waals surface area contributed by atoms with E-state index in [0.717, 1.165) is 28.1 Å². The van der Waals surface area contributed by atoms with Gasteiger partial charge in [0.15, 0.2) is 0 Å². The zero-order valence-electron chi connectivity index (χ0n) is 14.5. The third-order valence-electron chi connectivity index (χ3n) is 4.28. The highest BCUT2D eigenvalue weighted by atomic mass is 32.2. The topological polar surface area (TPSA) is 58.6 Å². The molecule has 0 bridgehead atoms.